The highest BCUT2D eigenvalue weighted by molar-refractivity contribution is 6.35. The molecule has 0 spiro atoms. The van der Waals surface area contributed by atoms with Gasteiger partial charge >= 0.3 is 0 Å². The van der Waals surface area contributed by atoms with E-state index in [-0.39, 0.29) is 0 Å². The molecular formula is C17H25Cl2N. The lowest BCUT2D eigenvalue weighted by Crippen LogP contribution is -2.29. The minimum Gasteiger partial charge on any atom is -0.310 e. The standard InChI is InChI=1S/C17H25Cl2N/c1-3-17(15-9-8-14(18)10-16(15)19)20-11-13-6-4-12(2)5-7-13/h8-10,12-13,17,20H,3-7,11H2,1-2H3. The van der Waals surface area contributed by atoms with E-state index >= 15 is 0 Å². The van der Waals surface area contributed by atoms with Crippen LogP contribution >= 0.6 is 23.2 Å². The summed E-state index contributed by atoms with van der Waals surface area (Å²) in [5, 5.41) is 5.18. The summed E-state index contributed by atoms with van der Waals surface area (Å²) < 4.78 is 0. The first-order valence-electron chi connectivity index (χ1n) is 7.78. The number of benzene rings is 1. The van der Waals surface area contributed by atoms with Gasteiger partial charge in [-0.05, 0) is 55.3 Å². The summed E-state index contributed by atoms with van der Waals surface area (Å²) in [6, 6.07) is 6.15. The van der Waals surface area contributed by atoms with Gasteiger partial charge in [0.2, 0.25) is 0 Å². The molecular weight excluding hydrogens is 289 g/mol. The molecule has 1 N–H and O–H groups in total. The predicted octanol–water partition coefficient (Wildman–Crippen LogP) is 5.86. The van der Waals surface area contributed by atoms with Gasteiger partial charge in [-0.25, -0.2) is 0 Å². The van der Waals surface area contributed by atoms with Crippen molar-refractivity contribution < 1.29 is 0 Å². The van der Waals surface area contributed by atoms with Gasteiger partial charge < -0.3 is 5.32 Å². The lowest BCUT2D eigenvalue weighted by atomic mass is 9.83. The van der Waals surface area contributed by atoms with Crippen LogP contribution in [-0.2, 0) is 0 Å². The summed E-state index contributed by atoms with van der Waals surface area (Å²) in [7, 11) is 0. The third-order valence-corrected chi connectivity index (χ3v) is 5.10. The molecule has 2 rings (SSSR count). The van der Waals surface area contributed by atoms with Gasteiger partial charge in [-0.2, -0.15) is 0 Å². The van der Waals surface area contributed by atoms with E-state index in [0.717, 1.165) is 29.8 Å². The van der Waals surface area contributed by atoms with Crippen molar-refractivity contribution in [1.82, 2.24) is 5.32 Å². The molecule has 20 heavy (non-hydrogen) atoms. The monoisotopic (exact) mass is 313 g/mol. The zero-order chi connectivity index (χ0) is 14.5. The van der Waals surface area contributed by atoms with Gasteiger partial charge in [-0.3, -0.25) is 0 Å². The van der Waals surface area contributed by atoms with Crippen molar-refractivity contribution in [3.8, 4) is 0 Å². The van der Waals surface area contributed by atoms with Gasteiger partial charge in [0.1, 0.15) is 0 Å². The number of nitrogens with one attached hydrogen (secondary N) is 1. The number of halogens is 2. The first-order chi connectivity index (χ1) is 9.60. The molecule has 1 fully saturated rings. The van der Waals surface area contributed by atoms with Crippen molar-refractivity contribution in [3.05, 3.63) is 33.8 Å². The average molecular weight is 314 g/mol. The molecule has 0 aromatic heterocycles. The Labute approximate surface area is 133 Å². The molecule has 1 unspecified atom stereocenters. The van der Waals surface area contributed by atoms with Crippen LogP contribution in [0, 0.1) is 11.8 Å². The van der Waals surface area contributed by atoms with Crippen LogP contribution in [-0.4, -0.2) is 6.54 Å². The number of rotatable bonds is 5. The Balaban J connectivity index is 1.92. The van der Waals surface area contributed by atoms with Crippen molar-refractivity contribution >= 4 is 23.2 Å². The maximum absolute atomic E-state index is 6.32. The van der Waals surface area contributed by atoms with Crippen LogP contribution in [0.3, 0.4) is 0 Å². The molecule has 1 aromatic carbocycles. The molecule has 0 bridgehead atoms. The first-order valence-corrected chi connectivity index (χ1v) is 8.54. The van der Waals surface area contributed by atoms with Crippen LogP contribution in [0.15, 0.2) is 18.2 Å². The molecule has 1 aliphatic carbocycles. The topological polar surface area (TPSA) is 12.0 Å². The summed E-state index contributed by atoms with van der Waals surface area (Å²) in [5.41, 5.74) is 1.17. The van der Waals surface area contributed by atoms with Crippen LogP contribution in [0.5, 0.6) is 0 Å². The lowest BCUT2D eigenvalue weighted by molar-refractivity contribution is 0.273. The van der Waals surface area contributed by atoms with E-state index < -0.39 is 0 Å². The van der Waals surface area contributed by atoms with E-state index in [1.54, 1.807) is 0 Å². The zero-order valence-corrected chi connectivity index (χ0v) is 14.0. The van der Waals surface area contributed by atoms with Crippen molar-refractivity contribution in [2.24, 2.45) is 11.8 Å². The predicted molar refractivity (Wildman–Crippen MR) is 88.6 cm³/mol. The van der Waals surface area contributed by atoms with Crippen molar-refractivity contribution in [3.63, 3.8) is 0 Å². The molecule has 1 aromatic rings. The number of hydrogen-bond acceptors (Lipinski definition) is 1. The highest BCUT2D eigenvalue weighted by atomic mass is 35.5. The number of hydrogen-bond donors (Lipinski definition) is 1. The van der Waals surface area contributed by atoms with Gasteiger partial charge in [0, 0.05) is 16.1 Å². The van der Waals surface area contributed by atoms with Crippen LogP contribution in [0.4, 0.5) is 0 Å². The Bertz CT molecular complexity index is 425. The molecule has 0 aliphatic heterocycles. The maximum atomic E-state index is 6.32. The highest BCUT2D eigenvalue weighted by Crippen LogP contribution is 2.30. The van der Waals surface area contributed by atoms with Crippen LogP contribution in [0.2, 0.25) is 10.0 Å². The summed E-state index contributed by atoms with van der Waals surface area (Å²) in [6.07, 6.45) is 6.53. The molecule has 0 saturated heterocycles. The highest BCUT2D eigenvalue weighted by Gasteiger charge is 2.20. The smallest absolute Gasteiger partial charge is 0.0468 e. The van der Waals surface area contributed by atoms with E-state index in [9.17, 15) is 0 Å². The second-order valence-corrected chi connectivity index (χ2v) is 7.00. The van der Waals surface area contributed by atoms with Gasteiger partial charge in [0.15, 0.2) is 0 Å². The van der Waals surface area contributed by atoms with Gasteiger partial charge in [0.25, 0.3) is 0 Å². The Hall–Kier alpha value is -0.240. The van der Waals surface area contributed by atoms with E-state index in [0.29, 0.717) is 11.1 Å². The molecule has 112 valence electrons. The molecule has 1 saturated carbocycles. The Kier molecular flexibility index (Phi) is 6.20. The molecule has 1 aliphatic rings. The van der Waals surface area contributed by atoms with E-state index in [1.165, 1.54) is 31.2 Å². The fourth-order valence-electron chi connectivity index (χ4n) is 3.10. The minimum absolute atomic E-state index is 0.333. The summed E-state index contributed by atoms with van der Waals surface area (Å²) in [6.45, 7) is 5.67. The van der Waals surface area contributed by atoms with E-state index in [4.69, 9.17) is 23.2 Å². The molecule has 1 atom stereocenters. The SMILES string of the molecule is CCC(NCC1CCC(C)CC1)c1ccc(Cl)cc1Cl. The second kappa shape index (κ2) is 7.68. The third-order valence-electron chi connectivity index (χ3n) is 4.53. The molecule has 0 radical (unpaired) electrons. The first kappa shape index (κ1) is 16.1. The fourth-order valence-corrected chi connectivity index (χ4v) is 3.64. The van der Waals surface area contributed by atoms with Crippen molar-refractivity contribution in [2.75, 3.05) is 6.54 Å². The average Bonchev–Trinajstić information content (AvgIpc) is 2.43. The van der Waals surface area contributed by atoms with Gasteiger partial charge in [-0.15, -0.1) is 0 Å². The van der Waals surface area contributed by atoms with Gasteiger partial charge in [0.05, 0.1) is 0 Å². The van der Waals surface area contributed by atoms with Crippen molar-refractivity contribution in [2.45, 2.75) is 52.0 Å². The molecule has 3 heteroatoms. The summed E-state index contributed by atoms with van der Waals surface area (Å²) >= 11 is 12.3. The minimum atomic E-state index is 0.333. The summed E-state index contributed by atoms with van der Waals surface area (Å²) in [4.78, 5) is 0. The van der Waals surface area contributed by atoms with Crippen LogP contribution < -0.4 is 5.32 Å². The quantitative estimate of drug-likeness (QED) is 0.717. The Morgan fingerprint density at radius 3 is 2.50 bits per heavy atom. The van der Waals surface area contributed by atoms with E-state index in [2.05, 4.69) is 25.2 Å². The lowest BCUT2D eigenvalue weighted by Gasteiger charge is -2.28. The normalized spacial score (nSPS) is 24.6. The fraction of sp³-hybridized carbons (Fsp3) is 0.647. The van der Waals surface area contributed by atoms with Crippen LogP contribution in [0.1, 0.15) is 57.6 Å². The molecule has 1 nitrogen and oxygen atoms in total. The van der Waals surface area contributed by atoms with Crippen molar-refractivity contribution in [1.29, 1.82) is 0 Å². The van der Waals surface area contributed by atoms with Crippen LogP contribution in [0.25, 0.3) is 0 Å². The zero-order valence-electron chi connectivity index (χ0n) is 12.5. The Morgan fingerprint density at radius 1 is 1.20 bits per heavy atom. The maximum Gasteiger partial charge on any atom is 0.0468 e. The molecule has 0 amide bonds. The molecule has 0 heterocycles. The Morgan fingerprint density at radius 2 is 1.90 bits per heavy atom. The van der Waals surface area contributed by atoms with E-state index in [1.807, 2.05) is 12.1 Å². The summed E-state index contributed by atoms with van der Waals surface area (Å²) in [5.74, 6) is 1.74. The third kappa shape index (κ3) is 4.38. The second-order valence-electron chi connectivity index (χ2n) is 6.16. The van der Waals surface area contributed by atoms with Gasteiger partial charge in [-0.1, -0.05) is 56.0 Å². The largest absolute Gasteiger partial charge is 0.310 e.